The van der Waals surface area contributed by atoms with E-state index < -0.39 is 11.9 Å². The van der Waals surface area contributed by atoms with Gasteiger partial charge in [0, 0.05) is 17.5 Å². The number of hydrogen-bond donors (Lipinski definition) is 1. The Balaban J connectivity index is 1.91. The van der Waals surface area contributed by atoms with Crippen LogP contribution in [0, 0.1) is 5.92 Å². The fourth-order valence-electron chi connectivity index (χ4n) is 2.90. The van der Waals surface area contributed by atoms with Crippen molar-refractivity contribution >= 4 is 23.6 Å². The molecule has 0 spiro atoms. The minimum atomic E-state index is -0.807. The summed E-state index contributed by atoms with van der Waals surface area (Å²) in [4.78, 5) is 26.2. The lowest BCUT2D eigenvalue weighted by Crippen LogP contribution is -2.38. The largest absolute Gasteiger partial charge is 0.481 e. The fourth-order valence-corrected chi connectivity index (χ4v) is 3.69. The van der Waals surface area contributed by atoms with Crippen LogP contribution in [0.1, 0.15) is 39.7 Å². The van der Waals surface area contributed by atoms with E-state index in [4.69, 9.17) is 5.11 Å². The van der Waals surface area contributed by atoms with Gasteiger partial charge in [0.25, 0.3) is 0 Å². The second-order valence-electron chi connectivity index (χ2n) is 7.12. The number of thioether (sulfide) groups is 1. The van der Waals surface area contributed by atoms with Crippen LogP contribution in [-0.4, -0.2) is 40.2 Å². The summed E-state index contributed by atoms with van der Waals surface area (Å²) in [6.07, 6.45) is 0.549. The van der Waals surface area contributed by atoms with Gasteiger partial charge < -0.3 is 10.0 Å². The highest BCUT2D eigenvalue weighted by Crippen LogP contribution is 2.28. The Morgan fingerprint density at radius 3 is 2.35 bits per heavy atom. The number of amides is 1. The van der Waals surface area contributed by atoms with Crippen LogP contribution in [0.4, 0.5) is 0 Å². The van der Waals surface area contributed by atoms with Gasteiger partial charge in [0.15, 0.2) is 0 Å². The molecule has 1 saturated heterocycles. The van der Waals surface area contributed by atoms with Gasteiger partial charge in [-0.2, -0.15) is 0 Å². The molecule has 1 amide bonds. The average Bonchev–Trinajstić information content (AvgIpc) is 2.86. The molecule has 1 aromatic carbocycles. The minimum absolute atomic E-state index is 0.0196. The van der Waals surface area contributed by atoms with Crippen LogP contribution >= 0.6 is 11.8 Å². The summed E-state index contributed by atoms with van der Waals surface area (Å²) in [5.74, 6) is -0.870. The maximum absolute atomic E-state index is 12.3. The Morgan fingerprint density at radius 1 is 1.26 bits per heavy atom. The van der Waals surface area contributed by atoms with Crippen LogP contribution in [0.3, 0.4) is 0 Å². The minimum Gasteiger partial charge on any atom is -0.481 e. The SMILES string of the molecule is CC1C(C(=O)O)CCN1C(=O)CSc1ccc(C(C)(C)C)cc1. The Bertz CT molecular complexity index is 577. The molecule has 2 atom stereocenters. The first-order valence-corrected chi connectivity index (χ1v) is 8.94. The molecule has 1 aliphatic rings. The molecule has 0 aromatic heterocycles. The zero-order valence-electron chi connectivity index (χ0n) is 14.2. The molecule has 1 heterocycles. The highest BCUT2D eigenvalue weighted by Gasteiger charge is 2.37. The van der Waals surface area contributed by atoms with Crippen LogP contribution in [0.2, 0.25) is 0 Å². The standard InChI is InChI=1S/C18H25NO3S/c1-12-15(17(21)22)9-10-19(12)16(20)11-23-14-7-5-13(6-8-14)18(2,3)4/h5-8,12,15H,9-11H2,1-4H3,(H,21,22). The third-order valence-corrected chi connectivity index (χ3v) is 5.47. The van der Waals surface area contributed by atoms with Gasteiger partial charge in [-0.05, 0) is 36.5 Å². The van der Waals surface area contributed by atoms with Crippen molar-refractivity contribution in [3.8, 4) is 0 Å². The highest BCUT2D eigenvalue weighted by atomic mass is 32.2. The molecular weight excluding hydrogens is 310 g/mol. The van der Waals surface area contributed by atoms with Crippen molar-refractivity contribution in [3.63, 3.8) is 0 Å². The zero-order chi connectivity index (χ0) is 17.2. The second kappa shape index (κ2) is 6.95. The van der Waals surface area contributed by atoms with Gasteiger partial charge in [0.1, 0.15) is 0 Å². The quantitative estimate of drug-likeness (QED) is 0.857. The summed E-state index contributed by atoms with van der Waals surface area (Å²) in [5.41, 5.74) is 1.39. The molecule has 0 radical (unpaired) electrons. The van der Waals surface area contributed by atoms with Crippen molar-refractivity contribution < 1.29 is 14.7 Å². The van der Waals surface area contributed by atoms with Crippen molar-refractivity contribution in [2.24, 2.45) is 5.92 Å². The van der Waals surface area contributed by atoms with Crippen LogP contribution in [0.25, 0.3) is 0 Å². The monoisotopic (exact) mass is 335 g/mol. The first-order valence-electron chi connectivity index (χ1n) is 7.96. The summed E-state index contributed by atoms with van der Waals surface area (Å²) >= 11 is 1.51. The van der Waals surface area contributed by atoms with Gasteiger partial charge in [0.2, 0.25) is 5.91 Å². The van der Waals surface area contributed by atoms with E-state index in [1.165, 1.54) is 17.3 Å². The number of hydrogen-bond acceptors (Lipinski definition) is 3. The third-order valence-electron chi connectivity index (χ3n) is 4.48. The number of carboxylic acids is 1. The van der Waals surface area contributed by atoms with Crippen molar-refractivity contribution in [3.05, 3.63) is 29.8 Å². The number of aliphatic carboxylic acids is 1. The summed E-state index contributed by atoms with van der Waals surface area (Å²) in [7, 11) is 0. The molecule has 1 aromatic rings. The Morgan fingerprint density at radius 2 is 1.87 bits per heavy atom. The van der Waals surface area contributed by atoms with Crippen LogP contribution < -0.4 is 0 Å². The molecule has 0 saturated carbocycles. The number of carboxylic acid groups (broad SMARTS) is 1. The number of likely N-dealkylation sites (tertiary alicyclic amines) is 1. The van der Waals surface area contributed by atoms with Crippen molar-refractivity contribution in [1.29, 1.82) is 0 Å². The summed E-state index contributed by atoms with van der Waals surface area (Å²) in [6, 6.07) is 8.08. The molecule has 23 heavy (non-hydrogen) atoms. The van der Waals surface area contributed by atoms with Crippen LogP contribution in [-0.2, 0) is 15.0 Å². The van der Waals surface area contributed by atoms with Gasteiger partial charge in [-0.1, -0.05) is 32.9 Å². The topological polar surface area (TPSA) is 57.6 Å². The van der Waals surface area contributed by atoms with Gasteiger partial charge in [-0.25, -0.2) is 0 Å². The smallest absolute Gasteiger partial charge is 0.308 e. The summed E-state index contributed by atoms with van der Waals surface area (Å²) in [5, 5.41) is 9.14. The van der Waals surface area contributed by atoms with E-state index in [9.17, 15) is 9.59 Å². The van der Waals surface area contributed by atoms with E-state index in [0.717, 1.165) is 4.90 Å². The summed E-state index contributed by atoms with van der Waals surface area (Å²) in [6.45, 7) is 8.89. The molecular formula is C18H25NO3S. The average molecular weight is 335 g/mol. The Labute approximate surface area is 142 Å². The molecule has 1 N–H and O–H groups in total. The lowest BCUT2D eigenvalue weighted by atomic mass is 9.87. The van der Waals surface area contributed by atoms with E-state index >= 15 is 0 Å². The van der Waals surface area contributed by atoms with Crippen LogP contribution in [0.5, 0.6) is 0 Å². The molecule has 2 rings (SSSR count). The molecule has 4 nitrogen and oxygen atoms in total. The molecule has 5 heteroatoms. The van der Waals surface area contributed by atoms with Gasteiger partial charge in [-0.3, -0.25) is 9.59 Å². The van der Waals surface area contributed by atoms with E-state index in [0.29, 0.717) is 18.7 Å². The number of carbonyl (C=O) groups excluding carboxylic acids is 1. The highest BCUT2D eigenvalue weighted by molar-refractivity contribution is 8.00. The molecule has 0 bridgehead atoms. The maximum atomic E-state index is 12.3. The van der Waals surface area contributed by atoms with Gasteiger partial charge in [-0.15, -0.1) is 11.8 Å². The number of carbonyl (C=O) groups is 2. The van der Waals surface area contributed by atoms with Crippen LogP contribution in [0.15, 0.2) is 29.2 Å². The van der Waals surface area contributed by atoms with E-state index in [2.05, 4.69) is 32.9 Å². The first-order chi connectivity index (χ1) is 10.7. The number of rotatable bonds is 4. The van der Waals surface area contributed by atoms with Crippen molar-refractivity contribution in [2.45, 2.75) is 50.5 Å². The normalized spacial score (nSPS) is 21.5. The van der Waals surface area contributed by atoms with Crippen molar-refractivity contribution in [2.75, 3.05) is 12.3 Å². The lowest BCUT2D eigenvalue weighted by molar-refractivity contribution is -0.142. The predicted octanol–water partition coefficient (Wildman–Crippen LogP) is 3.40. The van der Waals surface area contributed by atoms with E-state index in [-0.39, 0.29) is 17.4 Å². The number of benzene rings is 1. The molecule has 126 valence electrons. The molecule has 2 unspecified atom stereocenters. The first kappa shape index (κ1) is 17.9. The van der Waals surface area contributed by atoms with E-state index in [1.807, 2.05) is 19.1 Å². The third kappa shape index (κ3) is 4.28. The Hall–Kier alpha value is -1.49. The van der Waals surface area contributed by atoms with Gasteiger partial charge in [0.05, 0.1) is 11.7 Å². The fraction of sp³-hybridized carbons (Fsp3) is 0.556. The molecule has 0 aliphatic carbocycles. The zero-order valence-corrected chi connectivity index (χ0v) is 15.0. The molecule has 1 fully saturated rings. The van der Waals surface area contributed by atoms with E-state index in [1.54, 1.807) is 4.90 Å². The number of nitrogens with zero attached hydrogens (tertiary/aromatic N) is 1. The lowest BCUT2D eigenvalue weighted by Gasteiger charge is -2.23. The maximum Gasteiger partial charge on any atom is 0.308 e. The summed E-state index contributed by atoms with van der Waals surface area (Å²) < 4.78 is 0. The molecule has 1 aliphatic heterocycles. The Kier molecular flexibility index (Phi) is 5.40. The predicted molar refractivity (Wildman–Crippen MR) is 92.8 cm³/mol. The van der Waals surface area contributed by atoms with Gasteiger partial charge >= 0.3 is 5.97 Å². The second-order valence-corrected chi connectivity index (χ2v) is 8.17. The van der Waals surface area contributed by atoms with Crippen molar-refractivity contribution in [1.82, 2.24) is 4.90 Å².